The number of aromatic nitrogens is 2. The highest BCUT2D eigenvalue weighted by Gasteiger charge is 2.21. The standard InChI is InChI=1S/C19H26F2N4/c1-3-8-25-12-15(14(2)23-25)11-24-9-4-5-17(13-24)22-16-6-7-18(20)19(21)10-16/h6-7,10,12,17,22H,3-5,8-9,11,13H2,1-2H3. The van der Waals surface area contributed by atoms with Crippen LogP contribution in [0.25, 0.3) is 0 Å². The van der Waals surface area contributed by atoms with Crippen molar-refractivity contribution in [3.63, 3.8) is 0 Å². The lowest BCUT2D eigenvalue weighted by Gasteiger charge is -2.33. The molecule has 1 atom stereocenters. The number of aryl methyl sites for hydroxylation is 2. The highest BCUT2D eigenvalue weighted by molar-refractivity contribution is 5.44. The van der Waals surface area contributed by atoms with Crippen molar-refractivity contribution in [3.05, 3.63) is 47.3 Å². The monoisotopic (exact) mass is 348 g/mol. The van der Waals surface area contributed by atoms with Gasteiger partial charge in [0.25, 0.3) is 0 Å². The van der Waals surface area contributed by atoms with E-state index in [4.69, 9.17) is 0 Å². The molecule has 0 spiro atoms. The van der Waals surface area contributed by atoms with Gasteiger partial charge in [0.15, 0.2) is 11.6 Å². The van der Waals surface area contributed by atoms with Crippen LogP contribution < -0.4 is 5.32 Å². The summed E-state index contributed by atoms with van der Waals surface area (Å²) in [4.78, 5) is 2.40. The number of benzene rings is 1. The van der Waals surface area contributed by atoms with Crippen molar-refractivity contribution in [1.82, 2.24) is 14.7 Å². The third-order valence-electron chi connectivity index (χ3n) is 4.69. The summed E-state index contributed by atoms with van der Waals surface area (Å²) in [7, 11) is 0. The summed E-state index contributed by atoms with van der Waals surface area (Å²) < 4.78 is 28.4. The lowest BCUT2D eigenvalue weighted by Crippen LogP contribution is -2.41. The van der Waals surface area contributed by atoms with Crippen LogP contribution >= 0.6 is 0 Å². The fraction of sp³-hybridized carbons (Fsp3) is 0.526. The number of anilines is 1. The van der Waals surface area contributed by atoms with Crippen LogP contribution in [0.5, 0.6) is 0 Å². The Morgan fingerprint density at radius 1 is 1.28 bits per heavy atom. The Morgan fingerprint density at radius 3 is 2.88 bits per heavy atom. The molecule has 136 valence electrons. The Labute approximate surface area is 147 Å². The molecule has 1 fully saturated rings. The SMILES string of the molecule is CCCn1cc(CN2CCCC(Nc3ccc(F)c(F)c3)C2)c(C)n1. The van der Waals surface area contributed by atoms with Crippen molar-refractivity contribution < 1.29 is 8.78 Å². The van der Waals surface area contributed by atoms with Gasteiger partial charge in [-0.15, -0.1) is 0 Å². The number of nitrogens with zero attached hydrogens (tertiary/aromatic N) is 3. The topological polar surface area (TPSA) is 33.1 Å². The minimum absolute atomic E-state index is 0.240. The van der Waals surface area contributed by atoms with Gasteiger partial charge in [-0.25, -0.2) is 8.78 Å². The fourth-order valence-corrected chi connectivity index (χ4v) is 3.44. The number of halogens is 2. The molecule has 25 heavy (non-hydrogen) atoms. The molecular formula is C19H26F2N4. The number of rotatable bonds is 6. The summed E-state index contributed by atoms with van der Waals surface area (Å²) in [6, 6.07) is 4.23. The Morgan fingerprint density at radius 2 is 2.12 bits per heavy atom. The third kappa shape index (κ3) is 4.57. The molecule has 0 bridgehead atoms. The molecule has 1 unspecified atom stereocenters. The predicted octanol–water partition coefficient (Wildman–Crippen LogP) is 3.96. The van der Waals surface area contributed by atoms with E-state index in [1.165, 1.54) is 17.7 Å². The van der Waals surface area contributed by atoms with Crippen molar-refractivity contribution in [1.29, 1.82) is 0 Å². The van der Waals surface area contributed by atoms with Gasteiger partial charge in [0.1, 0.15) is 0 Å². The summed E-state index contributed by atoms with van der Waals surface area (Å²) in [6.45, 7) is 7.97. The van der Waals surface area contributed by atoms with Gasteiger partial charge in [-0.1, -0.05) is 6.92 Å². The number of hydrogen-bond acceptors (Lipinski definition) is 3. The molecule has 0 amide bonds. The van der Waals surface area contributed by atoms with Crippen LogP contribution in [0.2, 0.25) is 0 Å². The predicted molar refractivity (Wildman–Crippen MR) is 95.5 cm³/mol. The summed E-state index contributed by atoms with van der Waals surface area (Å²) in [5, 5.41) is 7.90. The van der Waals surface area contributed by atoms with E-state index >= 15 is 0 Å². The molecule has 1 saturated heterocycles. The van der Waals surface area contributed by atoms with Crippen LogP contribution in [-0.2, 0) is 13.1 Å². The Balaban J connectivity index is 1.60. The van der Waals surface area contributed by atoms with E-state index in [9.17, 15) is 8.78 Å². The fourth-order valence-electron chi connectivity index (χ4n) is 3.44. The molecular weight excluding hydrogens is 322 g/mol. The van der Waals surface area contributed by atoms with Gasteiger partial charge in [0.2, 0.25) is 0 Å². The zero-order chi connectivity index (χ0) is 17.8. The van der Waals surface area contributed by atoms with Crippen molar-refractivity contribution >= 4 is 5.69 Å². The number of hydrogen-bond donors (Lipinski definition) is 1. The first-order chi connectivity index (χ1) is 12.0. The molecule has 1 aromatic heterocycles. The Bertz CT molecular complexity index is 713. The van der Waals surface area contributed by atoms with Crippen molar-refractivity contribution in [2.75, 3.05) is 18.4 Å². The minimum atomic E-state index is -0.810. The largest absolute Gasteiger partial charge is 0.381 e. The average molecular weight is 348 g/mol. The first kappa shape index (κ1) is 17.9. The molecule has 1 aliphatic rings. The van der Waals surface area contributed by atoms with Gasteiger partial charge < -0.3 is 5.32 Å². The average Bonchev–Trinajstić information content (AvgIpc) is 2.91. The molecule has 1 N–H and O–H groups in total. The van der Waals surface area contributed by atoms with E-state index in [2.05, 4.69) is 35.4 Å². The molecule has 1 aliphatic heterocycles. The second kappa shape index (κ2) is 7.95. The second-order valence-electron chi connectivity index (χ2n) is 6.85. The zero-order valence-corrected chi connectivity index (χ0v) is 14.9. The lowest BCUT2D eigenvalue weighted by atomic mass is 10.0. The number of likely N-dealkylation sites (tertiary alicyclic amines) is 1. The maximum Gasteiger partial charge on any atom is 0.160 e. The van der Waals surface area contributed by atoms with Gasteiger partial charge in [-0.05, 0) is 44.9 Å². The molecule has 2 heterocycles. The summed E-state index contributed by atoms with van der Waals surface area (Å²) in [6.07, 6.45) is 5.34. The zero-order valence-electron chi connectivity index (χ0n) is 14.9. The van der Waals surface area contributed by atoms with Crippen LogP contribution in [0.4, 0.5) is 14.5 Å². The van der Waals surface area contributed by atoms with Crippen molar-refractivity contribution in [3.8, 4) is 0 Å². The van der Waals surface area contributed by atoms with E-state index in [-0.39, 0.29) is 6.04 Å². The molecule has 0 aliphatic carbocycles. The highest BCUT2D eigenvalue weighted by Crippen LogP contribution is 2.20. The van der Waals surface area contributed by atoms with E-state index < -0.39 is 11.6 Å². The molecule has 4 nitrogen and oxygen atoms in total. The minimum Gasteiger partial charge on any atom is -0.381 e. The maximum atomic E-state index is 13.4. The van der Waals surface area contributed by atoms with Crippen LogP contribution in [0, 0.1) is 18.6 Å². The van der Waals surface area contributed by atoms with E-state index in [1.54, 1.807) is 6.07 Å². The smallest absolute Gasteiger partial charge is 0.160 e. The molecule has 2 aromatic rings. The second-order valence-corrected chi connectivity index (χ2v) is 6.85. The molecule has 0 radical (unpaired) electrons. The van der Waals surface area contributed by atoms with Crippen molar-refractivity contribution in [2.45, 2.75) is 52.2 Å². The molecule has 1 aromatic carbocycles. The van der Waals surface area contributed by atoms with Gasteiger partial charge in [0, 0.05) is 49.2 Å². The van der Waals surface area contributed by atoms with Crippen LogP contribution in [0.15, 0.2) is 24.4 Å². The van der Waals surface area contributed by atoms with E-state index in [0.717, 1.165) is 51.1 Å². The number of nitrogens with one attached hydrogen (secondary N) is 1. The number of piperidine rings is 1. The van der Waals surface area contributed by atoms with Crippen LogP contribution in [0.1, 0.15) is 37.4 Å². The van der Waals surface area contributed by atoms with Gasteiger partial charge >= 0.3 is 0 Å². The van der Waals surface area contributed by atoms with Crippen LogP contribution in [0.3, 0.4) is 0 Å². The normalized spacial score (nSPS) is 18.5. The van der Waals surface area contributed by atoms with Gasteiger partial charge in [-0.3, -0.25) is 9.58 Å². The van der Waals surface area contributed by atoms with E-state index in [1.807, 2.05) is 4.68 Å². The summed E-state index contributed by atoms with van der Waals surface area (Å²) >= 11 is 0. The van der Waals surface area contributed by atoms with Crippen LogP contribution in [-0.4, -0.2) is 33.8 Å². The first-order valence-electron chi connectivity index (χ1n) is 9.02. The lowest BCUT2D eigenvalue weighted by molar-refractivity contribution is 0.208. The summed E-state index contributed by atoms with van der Waals surface area (Å²) in [5.41, 5.74) is 2.99. The Kier molecular flexibility index (Phi) is 5.68. The maximum absolute atomic E-state index is 13.4. The Hall–Kier alpha value is -1.95. The van der Waals surface area contributed by atoms with Crippen molar-refractivity contribution in [2.24, 2.45) is 0 Å². The van der Waals surface area contributed by atoms with Gasteiger partial charge in [0.05, 0.1) is 5.69 Å². The quantitative estimate of drug-likeness (QED) is 0.858. The molecule has 0 saturated carbocycles. The first-order valence-corrected chi connectivity index (χ1v) is 9.02. The van der Waals surface area contributed by atoms with Gasteiger partial charge in [-0.2, -0.15) is 5.10 Å². The molecule has 6 heteroatoms. The molecule has 3 rings (SSSR count). The summed E-state index contributed by atoms with van der Waals surface area (Å²) in [5.74, 6) is -1.62. The van der Waals surface area contributed by atoms with E-state index in [0.29, 0.717) is 5.69 Å². The third-order valence-corrected chi connectivity index (χ3v) is 4.69. The highest BCUT2D eigenvalue weighted by atomic mass is 19.2.